The van der Waals surface area contributed by atoms with Gasteiger partial charge in [-0.3, -0.25) is 4.79 Å². The summed E-state index contributed by atoms with van der Waals surface area (Å²) in [6.45, 7) is 6.41. The van der Waals surface area contributed by atoms with Crippen molar-refractivity contribution in [3.63, 3.8) is 0 Å². The highest BCUT2D eigenvalue weighted by Gasteiger charge is 2.15. The van der Waals surface area contributed by atoms with Crippen LogP contribution in [0.4, 0.5) is 5.69 Å². The zero-order valence-corrected chi connectivity index (χ0v) is 15.2. The van der Waals surface area contributed by atoms with Crippen LogP contribution in [0.2, 0.25) is 5.02 Å². The first-order valence-corrected chi connectivity index (χ1v) is 8.14. The summed E-state index contributed by atoms with van der Waals surface area (Å²) in [5, 5.41) is 13.1. The maximum atomic E-state index is 12.1. The molecule has 24 heavy (non-hydrogen) atoms. The summed E-state index contributed by atoms with van der Waals surface area (Å²) >= 11 is 6.17. The van der Waals surface area contributed by atoms with Gasteiger partial charge < -0.3 is 15.3 Å². The summed E-state index contributed by atoms with van der Waals surface area (Å²) in [4.78, 5) is 14.2. The van der Waals surface area contributed by atoms with Crippen molar-refractivity contribution in [3.8, 4) is 5.75 Å². The average molecular weight is 347 g/mol. The van der Waals surface area contributed by atoms with Gasteiger partial charge in [0.25, 0.3) is 5.91 Å². The van der Waals surface area contributed by atoms with Gasteiger partial charge in [0, 0.05) is 35.4 Å². The second-order valence-electron chi connectivity index (χ2n) is 6.88. The summed E-state index contributed by atoms with van der Waals surface area (Å²) in [5.41, 5.74) is 2.16. The molecule has 5 heteroatoms. The molecule has 0 bridgehead atoms. The zero-order valence-electron chi connectivity index (χ0n) is 14.4. The molecule has 0 saturated heterocycles. The maximum Gasteiger partial charge on any atom is 0.251 e. The highest BCUT2D eigenvalue weighted by atomic mass is 35.5. The van der Waals surface area contributed by atoms with Gasteiger partial charge in [-0.15, -0.1) is 0 Å². The molecule has 2 aromatic carbocycles. The van der Waals surface area contributed by atoms with Gasteiger partial charge in [0.2, 0.25) is 0 Å². The van der Waals surface area contributed by atoms with Gasteiger partial charge in [-0.25, -0.2) is 0 Å². The third kappa shape index (κ3) is 4.90. The fourth-order valence-electron chi connectivity index (χ4n) is 2.31. The molecule has 0 aliphatic carbocycles. The SMILES string of the molecule is CN(Cc1cc(O)ccc1Cl)c1ccc(C(=O)NC(C)(C)C)cc1. The van der Waals surface area contributed by atoms with Crippen LogP contribution in [0.15, 0.2) is 42.5 Å². The Morgan fingerprint density at radius 1 is 1.17 bits per heavy atom. The van der Waals surface area contributed by atoms with Crippen molar-refractivity contribution in [1.82, 2.24) is 5.32 Å². The van der Waals surface area contributed by atoms with E-state index in [1.54, 1.807) is 30.3 Å². The van der Waals surface area contributed by atoms with Crippen LogP contribution < -0.4 is 10.2 Å². The van der Waals surface area contributed by atoms with Crippen molar-refractivity contribution in [1.29, 1.82) is 0 Å². The van der Waals surface area contributed by atoms with Gasteiger partial charge in [0.05, 0.1) is 0 Å². The summed E-state index contributed by atoms with van der Waals surface area (Å²) in [6.07, 6.45) is 0. The number of anilines is 1. The Morgan fingerprint density at radius 3 is 2.38 bits per heavy atom. The molecule has 0 radical (unpaired) electrons. The van der Waals surface area contributed by atoms with Crippen LogP contribution in [0.25, 0.3) is 0 Å². The first kappa shape index (κ1) is 18.1. The van der Waals surface area contributed by atoms with Crippen LogP contribution in [-0.2, 0) is 6.54 Å². The van der Waals surface area contributed by atoms with Crippen LogP contribution in [0, 0.1) is 0 Å². The number of carbonyl (C=O) groups is 1. The number of phenols is 1. The van der Waals surface area contributed by atoms with Gasteiger partial charge in [0.1, 0.15) is 5.75 Å². The van der Waals surface area contributed by atoms with Crippen molar-refractivity contribution < 1.29 is 9.90 Å². The smallest absolute Gasteiger partial charge is 0.251 e. The number of hydrogen-bond donors (Lipinski definition) is 2. The largest absolute Gasteiger partial charge is 0.508 e. The average Bonchev–Trinajstić information content (AvgIpc) is 2.49. The number of amides is 1. The van der Waals surface area contributed by atoms with E-state index in [-0.39, 0.29) is 17.2 Å². The second-order valence-corrected chi connectivity index (χ2v) is 7.29. The Hall–Kier alpha value is -2.20. The Bertz CT molecular complexity index is 721. The number of phenolic OH excluding ortho intramolecular Hbond substituents is 1. The van der Waals surface area contributed by atoms with E-state index < -0.39 is 0 Å². The lowest BCUT2D eigenvalue weighted by Crippen LogP contribution is -2.40. The highest BCUT2D eigenvalue weighted by molar-refractivity contribution is 6.31. The highest BCUT2D eigenvalue weighted by Crippen LogP contribution is 2.24. The van der Waals surface area contributed by atoms with Crippen molar-refractivity contribution in [2.24, 2.45) is 0 Å². The minimum absolute atomic E-state index is 0.0901. The summed E-state index contributed by atoms with van der Waals surface area (Å²) in [6, 6.07) is 12.3. The molecule has 2 aromatic rings. The molecule has 0 spiro atoms. The molecule has 1 amide bonds. The number of rotatable bonds is 4. The number of nitrogens with one attached hydrogen (secondary N) is 1. The van der Waals surface area contributed by atoms with E-state index in [9.17, 15) is 9.90 Å². The van der Waals surface area contributed by atoms with Crippen LogP contribution in [0.5, 0.6) is 5.75 Å². The van der Waals surface area contributed by atoms with Crippen LogP contribution in [0.1, 0.15) is 36.7 Å². The molecule has 0 unspecified atom stereocenters. The molecule has 4 nitrogen and oxygen atoms in total. The van der Waals surface area contributed by atoms with Crippen molar-refractivity contribution in [3.05, 3.63) is 58.6 Å². The van der Waals surface area contributed by atoms with Gasteiger partial charge >= 0.3 is 0 Å². The molecule has 2 rings (SSSR count). The number of benzene rings is 2. The normalized spacial score (nSPS) is 11.2. The molecule has 128 valence electrons. The predicted molar refractivity (Wildman–Crippen MR) is 98.9 cm³/mol. The van der Waals surface area contributed by atoms with Crippen LogP contribution >= 0.6 is 11.6 Å². The molecular formula is C19H23ClN2O2. The van der Waals surface area contributed by atoms with Crippen molar-refractivity contribution >= 4 is 23.2 Å². The fourth-order valence-corrected chi connectivity index (χ4v) is 2.49. The van der Waals surface area contributed by atoms with Crippen LogP contribution in [-0.4, -0.2) is 23.6 Å². The van der Waals surface area contributed by atoms with E-state index in [4.69, 9.17) is 11.6 Å². The van der Waals surface area contributed by atoms with Gasteiger partial charge in [0.15, 0.2) is 0 Å². The molecule has 0 saturated carbocycles. The van der Waals surface area contributed by atoms with E-state index in [2.05, 4.69) is 5.32 Å². The Kier molecular flexibility index (Phi) is 5.40. The lowest BCUT2D eigenvalue weighted by atomic mass is 10.1. The summed E-state index contributed by atoms with van der Waals surface area (Å²) in [5.74, 6) is 0.102. The molecule has 0 aliphatic rings. The minimum atomic E-state index is -0.265. The maximum absolute atomic E-state index is 12.1. The number of aromatic hydroxyl groups is 1. The van der Waals surface area contributed by atoms with E-state index in [1.807, 2.05) is 44.9 Å². The fraction of sp³-hybridized carbons (Fsp3) is 0.316. The summed E-state index contributed by atoms with van der Waals surface area (Å²) < 4.78 is 0. The Labute approximate surface area is 148 Å². The zero-order chi connectivity index (χ0) is 17.9. The molecule has 2 N–H and O–H groups in total. The number of carbonyl (C=O) groups excluding carboxylic acids is 1. The van der Waals surface area contributed by atoms with Crippen molar-refractivity contribution in [2.45, 2.75) is 32.9 Å². The third-order valence-corrected chi connectivity index (χ3v) is 3.86. The van der Waals surface area contributed by atoms with E-state index in [1.165, 1.54) is 0 Å². The number of hydrogen-bond acceptors (Lipinski definition) is 3. The predicted octanol–water partition coefficient (Wildman–Crippen LogP) is 4.21. The molecule has 0 atom stereocenters. The monoisotopic (exact) mass is 346 g/mol. The number of nitrogens with zero attached hydrogens (tertiary/aromatic N) is 1. The van der Waals surface area contributed by atoms with Gasteiger partial charge in [-0.05, 0) is 68.8 Å². The molecule has 0 heterocycles. The van der Waals surface area contributed by atoms with Gasteiger partial charge in [-0.1, -0.05) is 11.6 Å². The van der Waals surface area contributed by atoms with Gasteiger partial charge in [-0.2, -0.15) is 0 Å². The van der Waals surface area contributed by atoms with Crippen molar-refractivity contribution in [2.75, 3.05) is 11.9 Å². The van der Waals surface area contributed by atoms with E-state index in [0.717, 1.165) is 11.3 Å². The van der Waals surface area contributed by atoms with E-state index in [0.29, 0.717) is 17.1 Å². The topological polar surface area (TPSA) is 52.6 Å². The molecule has 0 aliphatic heterocycles. The lowest BCUT2D eigenvalue weighted by Gasteiger charge is -2.22. The first-order chi connectivity index (χ1) is 11.2. The third-order valence-electron chi connectivity index (χ3n) is 3.50. The molecule has 0 aromatic heterocycles. The number of halogens is 1. The molecule has 0 fully saturated rings. The lowest BCUT2D eigenvalue weighted by molar-refractivity contribution is 0.0919. The molecular weight excluding hydrogens is 324 g/mol. The Balaban J connectivity index is 2.10. The standard InChI is InChI=1S/C19H23ClN2O2/c1-19(2,3)21-18(24)13-5-7-15(8-6-13)22(4)12-14-11-16(23)9-10-17(14)20/h5-11,23H,12H2,1-4H3,(H,21,24). The summed E-state index contributed by atoms with van der Waals surface area (Å²) in [7, 11) is 1.94. The quantitative estimate of drug-likeness (QED) is 0.871. The first-order valence-electron chi connectivity index (χ1n) is 7.77. The second kappa shape index (κ2) is 7.14. The van der Waals surface area contributed by atoms with E-state index >= 15 is 0 Å². The minimum Gasteiger partial charge on any atom is -0.508 e. The Morgan fingerprint density at radius 2 is 1.79 bits per heavy atom. The van der Waals surface area contributed by atoms with Crippen LogP contribution in [0.3, 0.4) is 0 Å².